The molecule has 722 valence electrons. The average molecular weight is 1880 g/mol. The van der Waals surface area contributed by atoms with Crippen molar-refractivity contribution < 1.29 is 28.0 Å². The maximum absolute atomic E-state index is 2.51. The lowest BCUT2D eigenvalue weighted by Crippen LogP contribution is -2.51. The van der Waals surface area contributed by atoms with Crippen molar-refractivity contribution in [2.24, 2.45) is 42.3 Å². The van der Waals surface area contributed by atoms with Crippen molar-refractivity contribution in [2.45, 2.75) is 210 Å². The Hall–Kier alpha value is -14.4. The van der Waals surface area contributed by atoms with Crippen molar-refractivity contribution in [1.29, 1.82) is 0 Å². The van der Waals surface area contributed by atoms with E-state index in [1.165, 1.54) is 201 Å². The number of rotatable bonds is 10. The van der Waals surface area contributed by atoms with Gasteiger partial charge in [0.2, 0.25) is 23.8 Å². The lowest BCUT2D eigenvalue weighted by Gasteiger charge is -2.46. The molecule has 9 heterocycles. The van der Waals surface area contributed by atoms with Crippen LogP contribution in [0.2, 0.25) is 0 Å². The predicted molar refractivity (Wildman–Crippen MR) is 588 cm³/mol. The summed E-state index contributed by atoms with van der Waals surface area (Å²) in [6, 6.07) is 111. The molecule has 0 saturated carbocycles. The Morgan fingerprint density at radius 1 is 0.282 bits per heavy atom. The number of aryl methyl sites for hydroxylation is 12. The molecule has 13 aromatic carbocycles. The average Bonchev–Trinajstić information content (AvgIpc) is 1.55. The summed E-state index contributed by atoms with van der Waals surface area (Å²) >= 11 is 0. The van der Waals surface area contributed by atoms with Crippen molar-refractivity contribution in [3.8, 4) is 90.3 Å². The molecule has 0 unspecified atom stereocenters. The van der Waals surface area contributed by atoms with E-state index < -0.39 is 0 Å². The lowest BCUT2D eigenvalue weighted by atomic mass is 9.59. The Morgan fingerprint density at radius 2 is 0.704 bits per heavy atom. The van der Waals surface area contributed by atoms with Crippen molar-refractivity contribution in [3.63, 3.8) is 0 Å². The summed E-state index contributed by atoms with van der Waals surface area (Å²) in [5, 5.41) is 2.53. The Balaban J connectivity index is 0.000000119. The third-order valence-corrected chi connectivity index (χ3v) is 32.4. The molecular formula is C130H148N12+6. The van der Waals surface area contributed by atoms with Crippen LogP contribution in [0.1, 0.15) is 212 Å². The molecule has 0 spiro atoms. The molecule has 0 N–H and O–H groups in total. The van der Waals surface area contributed by atoms with Gasteiger partial charge in [0.25, 0.3) is 5.82 Å². The van der Waals surface area contributed by atoms with Crippen molar-refractivity contribution in [3.05, 3.63) is 430 Å². The van der Waals surface area contributed by atoms with Gasteiger partial charge in [-0.1, -0.05) is 358 Å². The summed E-state index contributed by atoms with van der Waals surface area (Å²) in [5.74, 6) is 2.19. The minimum absolute atomic E-state index is 0.000226. The molecule has 19 aromatic rings. The minimum Gasteiger partial charge on any atom is -0.232 e. The number of fused-ring (bicyclic) bond motifs is 11. The molecule has 0 fully saturated rings. The molecule has 0 bridgehead atoms. The highest BCUT2D eigenvalue weighted by Crippen LogP contribution is 2.57. The second-order valence-corrected chi connectivity index (χ2v) is 43.8. The van der Waals surface area contributed by atoms with Crippen LogP contribution in [0.5, 0.6) is 0 Å². The van der Waals surface area contributed by atoms with E-state index >= 15 is 0 Å². The number of para-hydroxylation sites is 8. The fourth-order valence-electron chi connectivity index (χ4n) is 22.8. The molecular weight excluding hydrogens is 1730 g/mol. The van der Waals surface area contributed by atoms with Crippen LogP contribution in [0, 0.1) is 55.4 Å². The lowest BCUT2D eigenvalue weighted by molar-refractivity contribution is -0.745. The molecule has 12 heteroatoms. The van der Waals surface area contributed by atoms with Crippen LogP contribution in [-0.4, -0.2) is 28.0 Å². The van der Waals surface area contributed by atoms with Crippen molar-refractivity contribution in [1.82, 2.24) is 28.0 Å². The highest BCUT2D eigenvalue weighted by molar-refractivity contribution is 5.92. The standard InChI is InChI=1S/C31H35N2.C23H27N2.C23H29N2.C21H19N2.C17H23N2.C15H15N2/c1-20-17-21(2)19-24(18-20)28-26(23-14-10-9-11-15-23)29-31(6,7)30(4,5)25-16-12-13-22(3)27(25)33(29)32(28)8;1-16-11-10-14-19-20(16)25-21(23(4,5)22(19,2)3)18(15-24(25)6)17-12-8-7-9-13-17;1-16(2)19-12-9-13-20(17(3)4)22(19)25-15-14-24(6)23(25)21-11-8-7-10-18(21)5;1-16-10-6-8-14-19(16)23-20-15-9-7-13-18(20)21(22(23)2)17-11-4-3-5-12-17;1-12-8-7-9-13-15(12)19-14(10-11-18(19)6)17(4,5)16(13,2)3;1-12-7-3-5-9-14(12)17-15-10-6-4-8-13(15)11-16(17)2/h9-19H,1-8H3;7-15H,1-6H3;7-17H,1-6H3;3-15H,1-2H3;7-11H,1-6H3;3-11H,1-2H3/q6*+1. The highest BCUT2D eigenvalue weighted by atomic mass is 15.4. The summed E-state index contributed by atoms with van der Waals surface area (Å²) in [6.45, 7) is 55.3. The van der Waals surface area contributed by atoms with Gasteiger partial charge < -0.3 is 0 Å². The topological polar surface area (TPSA) is 52.9 Å². The molecule has 142 heavy (non-hydrogen) atoms. The largest absolute Gasteiger partial charge is 0.294 e. The van der Waals surface area contributed by atoms with Crippen LogP contribution in [0.4, 0.5) is 0 Å². The zero-order chi connectivity index (χ0) is 101. The monoisotopic (exact) mass is 1880 g/mol. The molecule has 3 aliphatic rings. The van der Waals surface area contributed by atoms with E-state index in [1.807, 2.05) is 0 Å². The third-order valence-electron chi connectivity index (χ3n) is 32.4. The summed E-state index contributed by atoms with van der Waals surface area (Å²) < 4.78 is 27.7. The Labute approximate surface area is 845 Å². The number of benzene rings is 13. The van der Waals surface area contributed by atoms with Crippen LogP contribution in [0.15, 0.2) is 340 Å². The van der Waals surface area contributed by atoms with Gasteiger partial charge in [0.15, 0.2) is 41.4 Å². The molecule has 0 amide bonds. The van der Waals surface area contributed by atoms with E-state index in [4.69, 9.17) is 0 Å². The van der Waals surface area contributed by atoms with Crippen LogP contribution in [-0.2, 0) is 74.8 Å². The van der Waals surface area contributed by atoms with Gasteiger partial charge in [0.05, 0.1) is 40.2 Å². The number of nitrogens with zero attached hydrogens (tertiary/aromatic N) is 12. The molecule has 3 aliphatic heterocycles. The summed E-state index contributed by atoms with van der Waals surface area (Å²) in [7, 11) is 12.8. The summed E-state index contributed by atoms with van der Waals surface area (Å²) in [6.07, 6.45) is 11.0. The Morgan fingerprint density at radius 3 is 1.24 bits per heavy atom. The molecule has 0 radical (unpaired) electrons. The second kappa shape index (κ2) is 38.6. The summed E-state index contributed by atoms with van der Waals surface area (Å²) in [5.41, 5.74) is 43.6. The molecule has 0 atom stereocenters. The fourth-order valence-corrected chi connectivity index (χ4v) is 22.8. The second-order valence-electron chi connectivity index (χ2n) is 43.8. The van der Waals surface area contributed by atoms with Crippen LogP contribution < -0.4 is 28.0 Å². The molecule has 12 nitrogen and oxygen atoms in total. The number of imidazole rings is 1. The quantitative estimate of drug-likeness (QED) is 0.123. The van der Waals surface area contributed by atoms with Gasteiger partial charge in [0, 0.05) is 60.8 Å². The van der Waals surface area contributed by atoms with E-state index in [0.717, 1.165) is 0 Å². The first-order valence-electron chi connectivity index (χ1n) is 50.8. The van der Waals surface area contributed by atoms with Crippen LogP contribution in [0.3, 0.4) is 0 Å². The first-order chi connectivity index (χ1) is 67.6. The van der Waals surface area contributed by atoms with Crippen molar-refractivity contribution >= 4 is 21.8 Å². The number of hydrogen-bond donors (Lipinski definition) is 0. The normalized spacial score (nSPS) is 14.3. The van der Waals surface area contributed by atoms with Gasteiger partial charge in [-0.15, -0.1) is 46.8 Å². The molecule has 6 aromatic heterocycles. The predicted octanol–water partition coefficient (Wildman–Crippen LogP) is 27.9. The zero-order valence-corrected chi connectivity index (χ0v) is 89.9. The van der Waals surface area contributed by atoms with E-state index in [0.29, 0.717) is 11.8 Å². The van der Waals surface area contributed by atoms with Gasteiger partial charge >= 0.3 is 0 Å². The smallest absolute Gasteiger partial charge is 0.232 e. The fraction of sp³-hybridized carbons (Fsp3) is 0.292. The maximum atomic E-state index is 2.51. The van der Waals surface area contributed by atoms with Crippen molar-refractivity contribution in [2.75, 3.05) is 0 Å². The van der Waals surface area contributed by atoms with E-state index in [9.17, 15) is 0 Å². The Kier molecular flexibility index (Phi) is 27.0. The SMILES string of the molecule is Cc1cc(C)cc(-c2c(-c3ccccc3)c3n([n+]2C)-c2c(C)cccc2C(C)(C)C3(C)C)c1.Cc1cccc2c1-n1c(c(-c3ccccc3)c[n+]1C)C(C)(C)C2(C)C.Cc1cccc2c1-n1c(cc[n+]1C)C(C)(C)C2(C)C.Cc1ccccc1-c1n(-c2c(C(C)C)cccc2C(C)C)cc[n+]1C.Cc1ccccc1-n1c2ccccc2c(-c2ccccc2)[n+]1C.Cc1ccccc1-n1c2ccccc2c[n+]1C. The van der Waals surface area contributed by atoms with Gasteiger partial charge in [-0.3, -0.25) is 0 Å². The van der Waals surface area contributed by atoms with Gasteiger partial charge in [0.1, 0.15) is 68.9 Å². The highest BCUT2D eigenvalue weighted by Gasteiger charge is 2.55. The number of aromatic nitrogens is 12. The molecule has 0 aliphatic carbocycles. The number of hydrogen-bond acceptors (Lipinski definition) is 0. The van der Waals surface area contributed by atoms with Crippen LogP contribution >= 0.6 is 0 Å². The molecule has 22 rings (SSSR count). The van der Waals surface area contributed by atoms with E-state index in [2.05, 4.69) is 605 Å². The minimum atomic E-state index is -0.0894. The first kappa shape index (κ1) is 99.2. The first-order valence-corrected chi connectivity index (χ1v) is 50.8. The van der Waals surface area contributed by atoms with Gasteiger partial charge in [-0.05, 0) is 195 Å². The van der Waals surface area contributed by atoms with Crippen LogP contribution in [0.25, 0.3) is 112 Å². The zero-order valence-electron chi connectivity index (χ0n) is 89.9. The van der Waals surface area contributed by atoms with Gasteiger partial charge in [-0.25, -0.2) is 4.57 Å². The van der Waals surface area contributed by atoms with Gasteiger partial charge in [-0.2, -0.15) is 4.57 Å². The maximum Gasteiger partial charge on any atom is 0.294 e. The van der Waals surface area contributed by atoms with E-state index in [-0.39, 0.29) is 32.5 Å². The molecule has 0 saturated heterocycles. The Bertz CT molecular complexity index is 7880. The third kappa shape index (κ3) is 17.1. The van der Waals surface area contributed by atoms with E-state index in [1.54, 1.807) is 0 Å². The summed E-state index contributed by atoms with van der Waals surface area (Å²) in [4.78, 5) is 0.